The predicted octanol–water partition coefficient (Wildman–Crippen LogP) is 3.51. The van der Waals surface area contributed by atoms with Crippen LogP contribution in [0.2, 0.25) is 0 Å². The molecule has 0 saturated carbocycles. The zero-order chi connectivity index (χ0) is 11.2. The fraction of sp³-hybridized carbons (Fsp3) is 0.231. The van der Waals surface area contributed by atoms with Crippen molar-refractivity contribution in [3.8, 4) is 0 Å². The minimum atomic E-state index is 0.646. The summed E-state index contributed by atoms with van der Waals surface area (Å²) in [5.74, 6) is 0. The second-order valence-electron chi connectivity index (χ2n) is 3.58. The Kier molecular flexibility index (Phi) is 3.97. The van der Waals surface area contributed by atoms with E-state index in [4.69, 9.17) is 4.74 Å². The Morgan fingerprint density at radius 2 is 2.12 bits per heavy atom. The molecule has 1 N–H and O–H groups in total. The third kappa shape index (κ3) is 2.84. The summed E-state index contributed by atoms with van der Waals surface area (Å²) < 4.78 is 5.17. The van der Waals surface area contributed by atoms with Crippen LogP contribution in [0.5, 0.6) is 0 Å². The Morgan fingerprint density at radius 1 is 1.25 bits per heavy atom. The zero-order valence-corrected chi connectivity index (χ0v) is 10.1. The highest BCUT2D eigenvalue weighted by Crippen LogP contribution is 2.17. The second kappa shape index (κ2) is 5.68. The fourth-order valence-corrected chi connectivity index (χ4v) is 2.23. The van der Waals surface area contributed by atoms with E-state index in [2.05, 4.69) is 34.3 Å². The molecule has 16 heavy (non-hydrogen) atoms. The molecule has 0 aliphatic rings. The first kappa shape index (κ1) is 11.2. The van der Waals surface area contributed by atoms with Crippen molar-refractivity contribution in [3.05, 3.63) is 52.2 Å². The molecule has 84 valence electrons. The van der Waals surface area contributed by atoms with Gasteiger partial charge in [0.1, 0.15) is 0 Å². The van der Waals surface area contributed by atoms with Crippen molar-refractivity contribution in [2.75, 3.05) is 12.4 Å². The van der Waals surface area contributed by atoms with Gasteiger partial charge in [-0.25, -0.2) is 0 Å². The molecule has 0 fully saturated rings. The Bertz CT molecular complexity index is 425. The number of ether oxygens (including phenoxy) is 1. The third-order valence-corrected chi connectivity index (χ3v) is 3.11. The molecule has 0 radical (unpaired) electrons. The van der Waals surface area contributed by atoms with E-state index in [-0.39, 0.29) is 0 Å². The summed E-state index contributed by atoms with van der Waals surface area (Å²) in [5, 5.41) is 7.68. The highest BCUT2D eigenvalue weighted by atomic mass is 32.1. The molecular formula is C13H15NOS. The number of anilines is 1. The monoisotopic (exact) mass is 233 g/mol. The largest absolute Gasteiger partial charge is 0.381 e. The molecule has 3 heteroatoms. The highest BCUT2D eigenvalue weighted by Gasteiger charge is 2.00. The van der Waals surface area contributed by atoms with Crippen LogP contribution in [0.1, 0.15) is 11.1 Å². The van der Waals surface area contributed by atoms with Crippen molar-refractivity contribution >= 4 is 17.0 Å². The van der Waals surface area contributed by atoms with Crippen molar-refractivity contribution in [3.63, 3.8) is 0 Å². The number of benzene rings is 1. The maximum absolute atomic E-state index is 5.17. The topological polar surface area (TPSA) is 21.3 Å². The molecule has 1 aromatic carbocycles. The van der Waals surface area contributed by atoms with Gasteiger partial charge in [0.25, 0.3) is 0 Å². The number of methoxy groups -OCH3 is 1. The van der Waals surface area contributed by atoms with Crippen LogP contribution in [0.4, 0.5) is 5.69 Å². The van der Waals surface area contributed by atoms with Crippen LogP contribution in [0, 0.1) is 0 Å². The molecule has 0 amide bonds. The molecule has 0 aliphatic heterocycles. The Hall–Kier alpha value is -1.32. The zero-order valence-electron chi connectivity index (χ0n) is 9.27. The van der Waals surface area contributed by atoms with E-state index < -0.39 is 0 Å². The molecule has 1 heterocycles. The van der Waals surface area contributed by atoms with Gasteiger partial charge in [-0.1, -0.05) is 18.2 Å². The Morgan fingerprint density at radius 3 is 2.88 bits per heavy atom. The lowest BCUT2D eigenvalue weighted by molar-refractivity contribution is 0.185. The maximum Gasteiger partial charge on any atom is 0.0733 e. The van der Waals surface area contributed by atoms with Gasteiger partial charge in [0, 0.05) is 24.9 Å². The van der Waals surface area contributed by atoms with Gasteiger partial charge in [0.05, 0.1) is 6.61 Å². The van der Waals surface area contributed by atoms with Gasteiger partial charge >= 0.3 is 0 Å². The van der Waals surface area contributed by atoms with Gasteiger partial charge in [-0.05, 0) is 28.5 Å². The summed E-state index contributed by atoms with van der Waals surface area (Å²) in [6.45, 7) is 1.51. The van der Waals surface area contributed by atoms with Gasteiger partial charge in [-0.15, -0.1) is 0 Å². The van der Waals surface area contributed by atoms with Crippen molar-refractivity contribution in [2.45, 2.75) is 13.2 Å². The summed E-state index contributed by atoms with van der Waals surface area (Å²) in [6, 6.07) is 10.4. The first-order valence-electron chi connectivity index (χ1n) is 5.22. The van der Waals surface area contributed by atoms with Gasteiger partial charge in [0.2, 0.25) is 0 Å². The Balaban J connectivity index is 2.03. The number of thiophene rings is 1. The molecule has 0 aliphatic carbocycles. The normalized spacial score (nSPS) is 10.3. The number of para-hydroxylation sites is 1. The molecule has 0 saturated heterocycles. The number of hydrogen-bond donors (Lipinski definition) is 1. The average Bonchev–Trinajstić information content (AvgIpc) is 2.81. The van der Waals surface area contributed by atoms with E-state index in [1.54, 1.807) is 18.4 Å². The fourth-order valence-electron chi connectivity index (χ4n) is 1.56. The molecule has 2 nitrogen and oxygen atoms in total. The van der Waals surface area contributed by atoms with E-state index in [1.807, 2.05) is 12.1 Å². The average molecular weight is 233 g/mol. The van der Waals surface area contributed by atoms with Gasteiger partial charge in [-0.2, -0.15) is 11.3 Å². The van der Waals surface area contributed by atoms with Crippen molar-refractivity contribution < 1.29 is 4.74 Å². The van der Waals surface area contributed by atoms with Crippen LogP contribution in [0.25, 0.3) is 0 Å². The molecule has 2 aromatic rings. The summed E-state index contributed by atoms with van der Waals surface area (Å²) in [5.41, 5.74) is 3.66. The van der Waals surface area contributed by atoms with Gasteiger partial charge < -0.3 is 10.1 Å². The maximum atomic E-state index is 5.17. The van der Waals surface area contributed by atoms with Crippen LogP contribution in [-0.4, -0.2) is 7.11 Å². The number of hydrogen-bond acceptors (Lipinski definition) is 3. The smallest absolute Gasteiger partial charge is 0.0733 e. The predicted molar refractivity (Wildman–Crippen MR) is 68.8 cm³/mol. The van der Waals surface area contributed by atoms with Crippen molar-refractivity contribution in [2.24, 2.45) is 0 Å². The number of nitrogens with one attached hydrogen (secondary N) is 1. The van der Waals surface area contributed by atoms with Crippen molar-refractivity contribution in [1.82, 2.24) is 0 Å². The first-order valence-corrected chi connectivity index (χ1v) is 6.16. The third-order valence-electron chi connectivity index (χ3n) is 2.38. The summed E-state index contributed by atoms with van der Waals surface area (Å²) in [4.78, 5) is 0. The van der Waals surface area contributed by atoms with Gasteiger partial charge in [0.15, 0.2) is 0 Å². The van der Waals surface area contributed by atoms with E-state index in [0.717, 1.165) is 12.2 Å². The lowest BCUT2D eigenvalue weighted by atomic mass is 10.2. The first-order chi connectivity index (χ1) is 7.90. The Labute approximate surface area is 99.9 Å². The summed E-state index contributed by atoms with van der Waals surface area (Å²) >= 11 is 1.72. The molecular weight excluding hydrogens is 218 g/mol. The second-order valence-corrected chi connectivity index (χ2v) is 4.36. The molecule has 0 unspecified atom stereocenters. The van der Waals surface area contributed by atoms with E-state index in [1.165, 1.54) is 11.1 Å². The number of rotatable bonds is 5. The highest BCUT2D eigenvalue weighted by molar-refractivity contribution is 7.07. The lowest BCUT2D eigenvalue weighted by Crippen LogP contribution is -2.02. The summed E-state index contributed by atoms with van der Waals surface area (Å²) in [7, 11) is 1.72. The van der Waals surface area contributed by atoms with E-state index in [0.29, 0.717) is 6.61 Å². The SMILES string of the molecule is COCc1ccccc1NCc1ccsc1. The van der Waals surface area contributed by atoms with Crippen LogP contribution in [-0.2, 0) is 17.9 Å². The molecule has 0 atom stereocenters. The molecule has 0 spiro atoms. The standard InChI is InChI=1S/C13H15NOS/c1-15-9-12-4-2-3-5-13(12)14-8-11-6-7-16-10-11/h2-7,10,14H,8-9H2,1H3. The molecule has 0 bridgehead atoms. The van der Waals surface area contributed by atoms with Crippen LogP contribution < -0.4 is 5.32 Å². The quantitative estimate of drug-likeness (QED) is 0.853. The van der Waals surface area contributed by atoms with E-state index in [9.17, 15) is 0 Å². The van der Waals surface area contributed by atoms with Crippen LogP contribution >= 0.6 is 11.3 Å². The summed E-state index contributed by atoms with van der Waals surface area (Å²) in [6.07, 6.45) is 0. The van der Waals surface area contributed by atoms with E-state index >= 15 is 0 Å². The van der Waals surface area contributed by atoms with Gasteiger partial charge in [-0.3, -0.25) is 0 Å². The lowest BCUT2D eigenvalue weighted by Gasteiger charge is -2.10. The minimum Gasteiger partial charge on any atom is -0.381 e. The van der Waals surface area contributed by atoms with Crippen LogP contribution in [0.15, 0.2) is 41.1 Å². The van der Waals surface area contributed by atoms with Crippen LogP contribution in [0.3, 0.4) is 0 Å². The molecule has 2 rings (SSSR count). The molecule has 1 aromatic heterocycles. The van der Waals surface area contributed by atoms with Crippen molar-refractivity contribution in [1.29, 1.82) is 0 Å². The minimum absolute atomic E-state index is 0.646.